The lowest BCUT2D eigenvalue weighted by molar-refractivity contribution is -0.173. The van der Waals surface area contributed by atoms with E-state index >= 15 is 0 Å². The van der Waals surface area contributed by atoms with Gasteiger partial charge in [-0.2, -0.15) is 5.06 Å². The van der Waals surface area contributed by atoms with Gasteiger partial charge in [0.2, 0.25) is 0 Å². The molecule has 1 aromatic rings. The molecule has 6 atom stereocenters. The second kappa shape index (κ2) is 7.59. The largest absolute Gasteiger partial charge is 0.507 e. The number of halogens is 2. The summed E-state index contributed by atoms with van der Waals surface area (Å²) >= 11 is 14.0. The van der Waals surface area contributed by atoms with Crippen molar-refractivity contribution < 1.29 is 39.0 Å². The molecule has 4 aliphatic rings. The van der Waals surface area contributed by atoms with Crippen LogP contribution in [0.15, 0.2) is 23.8 Å². The maximum absolute atomic E-state index is 13.5. The molecule has 1 aromatic carbocycles. The molecule has 2 aliphatic heterocycles. The van der Waals surface area contributed by atoms with Crippen LogP contribution in [-0.4, -0.2) is 74.9 Å². The minimum atomic E-state index is -2.07. The highest BCUT2D eigenvalue weighted by atomic mass is 35.5. The smallest absolute Gasteiger partial charge is 0.257 e. The van der Waals surface area contributed by atoms with Gasteiger partial charge in [0.15, 0.2) is 9.75 Å². The predicted octanol–water partition coefficient (Wildman–Crippen LogP) is 1.79. The van der Waals surface area contributed by atoms with Crippen LogP contribution >= 0.6 is 23.2 Å². The molecule has 2 saturated heterocycles. The van der Waals surface area contributed by atoms with Gasteiger partial charge in [-0.15, -0.1) is 23.2 Å². The van der Waals surface area contributed by atoms with Crippen LogP contribution in [0.4, 0.5) is 0 Å². The Morgan fingerprint density at radius 1 is 1.03 bits per heavy atom. The number of carbonyl (C=O) groups is 4. The van der Waals surface area contributed by atoms with Crippen molar-refractivity contribution >= 4 is 46.8 Å². The highest BCUT2D eigenvalue weighted by molar-refractivity contribution is 6.53. The van der Waals surface area contributed by atoms with Crippen LogP contribution in [0.3, 0.4) is 0 Å². The second-order valence-electron chi connectivity index (χ2n) is 9.25. The van der Waals surface area contributed by atoms with E-state index in [0.29, 0.717) is 5.57 Å². The summed E-state index contributed by atoms with van der Waals surface area (Å²) in [5.74, 6) is -6.85. The number of ether oxygens (including phenoxy) is 2. The monoisotopic (exact) mass is 524 g/mol. The Bertz CT molecular complexity index is 1230. The highest BCUT2D eigenvalue weighted by Gasteiger charge is 2.76. The van der Waals surface area contributed by atoms with Gasteiger partial charge in [0.25, 0.3) is 23.6 Å². The number of carbonyl (C=O) groups excluding carboxylic acids is 4. The number of methoxy groups -OCH3 is 2. The van der Waals surface area contributed by atoms with Gasteiger partial charge in [0.1, 0.15) is 17.2 Å². The number of hydrogen-bond donors (Lipinski definition) is 2. The summed E-state index contributed by atoms with van der Waals surface area (Å²) in [7, 11) is 4.02. The van der Waals surface area contributed by atoms with Crippen molar-refractivity contribution in [3.63, 3.8) is 0 Å². The molecule has 5 rings (SSSR count). The Kier molecular flexibility index (Phi) is 5.18. The molecular weight excluding hydrogens is 503 g/mol. The van der Waals surface area contributed by atoms with Crippen LogP contribution in [0, 0.1) is 17.8 Å². The Labute approximate surface area is 209 Å². The fourth-order valence-corrected chi connectivity index (χ4v) is 7.21. The molecule has 0 spiro atoms. The number of rotatable bonds is 3. The van der Waals surface area contributed by atoms with Gasteiger partial charge in [0, 0.05) is 30.7 Å². The predicted molar refractivity (Wildman–Crippen MR) is 120 cm³/mol. The summed E-state index contributed by atoms with van der Waals surface area (Å²) in [6.45, 7) is 0. The van der Waals surface area contributed by atoms with Crippen molar-refractivity contribution in [1.82, 2.24) is 9.96 Å². The number of fused-ring (bicyclic) bond motifs is 4. The van der Waals surface area contributed by atoms with E-state index in [1.165, 1.54) is 33.4 Å². The van der Waals surface area contributed by atoms with Gasteiger partial charge in [0.05, 0.1) is 26.1 Å². The topological polar surface area (TPSA) is 134 Å². The summed E-state index contributed by atoms with van der Waals surface area (Å²) in [5, 5.41) is 21.2. The number of nitrogens with zero attached hydrogens (tertiary/aromatic N) is 2. The summed E-state index contributed by atoms with van der Waals surface area (Å²) in [5.41, 5.74) is 0.556. The van der Waals surface area contributed by atoms with E-state index in [-0.39, 0.29) is 40.7 Å². The van der Waals surface area contributed by atoms with Crippen molar-refractivity contribution in [1.29, 1.82) is 0 Å². The highest BCUT2D eigenvalue weighted by Crippen LogP contribution is 2.66. The van der Waals surface area contributed by atoms with Gasteiger partial charge >= 0.3 is 0 Å². The van der Waals surface area contributed by atoms with Gasteiger partial charge in [-0.3, -0.25) is 29.3 Å². The molecular formula is C23H22Cl2N2O8. The minimum Gasteiger partial charge on any atom is -0.507 e. The first-order chi connectivity index (χ1) is 16.4. The van der Waals surface area contributed by atoms with E-state index in [1.54, 1.807) is 6.08 Å². The molecule has 0 bridgehead atoms. The van der Waals surface area contributed by atoms with Crippen molar-refractivity contribution in [2.24, 2.45) is 17.8 Å². The van der Waals surface area contributed by atoms with E-state index in [0.717, 1.165) is 4.90 Å². The molecule has 12 heteroatoms. The van der Waals surface area contributed by atoms with Crippen LogP contribution in [0.1, 0.15) is 24.3 Å². The molecule has 0 radical (unpaired) electrons. The third-order valence-electron chi connectivity index (χ3n) is 7.83. The minimum absolute atomic E-state index is 0.0914. The zero-order valence-corrected chi connectivity index (χ0v) is 20.5. The van der Waals surface area contributed by atoms with E-state index < -0.39 is 57.0 Å². The molecule has 186 valence electrons. The summed E-state index contributed by atoms with van der Waals surface area (Å²) in [6.07, 6.45) is 1.55. The third kappa shape index (κ3) is 2.75. The lowest BCUT2D eigenvalue weighted by atomic mass is 9.56. The fraction of sp³-hybridized carbons (Fsp3) is 0.478. The van der Waals surface area contributed by atoms with E-state index in [2.05, 4.69) is 0 Å². The molecule has 2 N–H and O–H groups in total. The van der Waals surface area contributed by atoms with E-state index in [4.69, 9.17) is 32.7 Å². The standard InChI is InChI=1S/C23H22Cl2N2O8/c1-26-20(31)22(24)8-12-10(4-5-11-15(12)19(30)27(33)18(11)29)17(23(22,25)21(26)32)16-13(28)6-9(34-2)7-14(16)35-3/h4,6-7,11-12,15,17,28,33H,5,8H2,1-3H3/t11-,12+,15-,17+,22+,23-/m0/s1. The Morgan fingerprint density at radius 3 is 2.34 bits per heavy atom. The zero-order chi connectivity index (χ0) is 25.6. The number of imide groups is 2. The molecule has 10 nitrogen and oxygen atoms in total. The summed E-state index contributed by atoms with van der Waals surface area (Å²) < 4.78 is 10.7. The molecule has 3 fully saturated rings. The number of aromatic hydroxyl groups is 1. The Hall–Kier alpha value is -2.82. The first kappa shape index (κ1) is 23.9. The molecule has 0 unspecified atom stereocenters. The lowest BCUT2D eigenvalue weighted by Crippen LogP contribution is -2.60. The quantitative estimate of drug-likeness (QED) is 0.264. The maximum atomic E-state index is 13.5. The van der Waals surface area contributed by atoms with Gasteiger partial charge < -0.3 is 14.6 Å². The number of allylic oxidation sites excluding steroid dienone is 2. The van der Waals surface area contributed by atoms with Crippen molar-refractivity contribution in [3.8, 4) is 17.2 Å². The van der Waals surface area contributed by atoms with Crippen molar-refractivity contribution in [3.05, 3.63) is 29.3 Å². The van der Waals surface area contributed by atoms with Crippen LogP contribution < -0.4 is 9.47 Å². The number of hydroxylamine groups is 2. The van der Waals surface area contributed by atoms with Gasteiger partial charge in [-0.25, -0.2) is 0 Å². The zero-order valence-electron chi connectivity index (χ0n) is 18.9. The molecule has 2 heterocycles. The Morgan fingerprint density at radius 2 is 1.71 bits per heavy atom. The van der Waals surface area contributed by atoms with Crippen molar-refractivity contribution in [2.75, 3.05) is 21.3 Å². The molecule has 35 heavy (non-hydrogen) atoms. The maximum Gasteiger partial charge on any atom is 0.257 e. The number of likely N-dealkylation sites (tertiary alicyclic amines) is 1. The number of phenols is 1. The van der Waals surface area contributed by atoms with Crippen LogP contribution in [0.2, 0.25) is 0 Å². The van der Waals surface area contributed by atoms with E-state index in [1.807, 2.05) is 0 Å². The van der Waals surface area contributed by atoms with Crippen LogP contribution in [-0.2, 0) is 19.2 Å². The average molecular weight is 525 g/mol. The molecule has 2 aliphatic carbocycles. The first-order valence-corrected chi connectivity index (χ1v) is 11.6. The van der Waals surface area contributed by atoms with Crippen LogP contribution in [0.5, 0.6) is 17.2 Å². The number of amides is 4. The van der Waals surface area contributed by atoms with Gasteiger partial charge in [-0.05, 0) is 18.8 Å². The molecule has 0 aromatic heterocycles. The third-order valence-corrected chi connectivity index (χ3v) is 9.24. The number of phenolic OH excluding ortho intramolecular Hbond substituents is 1. The van der Waals surface area contributed by atoms with Gasteiger partial charge in [-0.1, -0.05) is 11.6 Å². The number of alkyl halides is 2. The summed E-state index contributed by atoms with van der Waals surface area (Å²) in [4.78, 5) is 49.0. The second-order valence-corrected chi connectivity index (χ2v) is 10.5. The summed E-state index contributed by atoms with van der Waals surface area (Å²) in [6, 6.07) is 2.81. The number of hydrogen-bond acceptors (Lipinski definition) is 8. The van der Waals surface area contributed by atoms with Crippen LogP contribution in [0.25, 0.3) is 0 Å². The lowest BCUT2D eigenvalue weighted by Gasteiger charge is -2.50. The van der Waals surface area contributed by atoms with E-state index in [9.17, 15) is 29.5 Å². The fourth-order valence-electron chi connectivity index (χ4n) is 6.21. The number of benzene rings is 1. The SMILES string of the molecule is COc1cc(O)c([C@H]2C3=CC[C@@H]4C(=O)N(O)C(=O)[C@@H]4[C@@H]3C[C@@]3(Cl)C(=O)N(C)C(=O)[C@@]23Cl)c(OC)c1. The molecule has 4 amide bonds. The first-order valence-electron chi connectivity index (χ1n) is 10.9. The average Bonchev–Trinajstić information content (AvgIpc) is 3.13. The molecule has 1 saturated carbocycles. The normalized spacial score (nSPS) is 36.1. The van der Waals surface area contributed by atoms with Crippen molar-refractivity contribution in [2.45, 2.75) is 28.5 Å². The Balaban J connectivity index is 1.80.